The molecule has 0 fully saturated rings. The number of nitrogens with two attached hydrogens (primary N) is 1. The van der Waals surface area contributed by atoms with E-state index in [1.54, 1.807) is 0 Å². The Hall–Kier alpha value is -1.91. The molecule has 1 aromatic carbocycles. The SMILES string of the molecule is CCC(N)(CO)CCc1ccc(C(=O)CCCc2ccc(C(C)C)cc2)n1C. The highest BCUT2D eigenvalue weighted by atomic mass is 16.3. The zero-order valence-corrected chi connectivity index (χ0v) is 17.9. The Labute approximate surface area is 169 Å². The monoisotopic (exact) mass is 384 g/mol. The molecule has 4 nitrogen and oxygen atoms in total. The normalized spacial score (nSPS) is 13.7. The van der Waals surface area contributed by atoms with Gasteiger partial charge in [-0.2, -0.15) is 0 Å². The minimum absolute atomic E-state index is 0.0160. The second kappa shape index (κ2) is 10.0. The predicted molar refractivity (Wildman–Crippen MR) is 116 cm³/mol. The molecule has 0 saturated heterocycles. The Morgan fingerprint density at radius 2 is 1.82 bits per heavy atom. The van der Waals surface area contributed by atoms with Crippen LogP contribution in [0.25, 0.3) is 0 Å². The molecule has 3 N–H and O–H groups in total. The summed E-state index contributed by atoms with van der Waals surface area (Å²) in [7, 11) is 1.94. The Balaban J connectivity index is 1.88. The number of hydrogen-bond acceptors (Lipinski definition) is 3. The van der Waals surface area contributed by atoms with E-state index in [1.165, 1.54) is 11.1 Å². The second-order valence-corrected chi connectivity index (χ2v) is 8.32. The van der Waals surface area contributed by atoms with Gasteiger partial charge in [0.1, 0.15) is 0 Å². The molecule has 0 aliphatic carbocycles. The second-order valence-electron chi connectivity index (χ2n) is 8.32. The summed E-state index contributed by atoms with van der Waals surface area (Å²) in [6, 6.07) is 12.6. The molecule has 1 unspecified atom stereocenters. The average molecular weight is 385 g/mol. The van der Waals surface area contributed by atoms with Gasteiger partial charge in [0.2, 0.25) is 0 Å². The lowest BCUT2D eigenvalue weighted by molar-refractivity contribution is 0.0972. The Kier molecular flexibility index (Phi) is 8.02. The van der Waals surface area contributed by atoms with Crippen molar-refractivity contribution in [1.82, 2.24) is 4.57 Å². The summed E-state index contributed by atoms with van der Waals surface area (Å²) >= 11 is 0. The summed E-state index contributed by atoms with van der Waals surface area (Å²) in [5.41, 5.74) is 10.1. The van der Waals surface area contributed by atoms with Crippen LogP contribution in [-0.4, -0.2) is 27.6 Å². The van der Waals surface area contributed by atoms with Crippen molar-refractivity contribution in [1.29, 1.82) is 0 Å². The molecule has 154 valence electrons. The van der Waals surface area contributed by atoms with Crippen LogP contribution in [0.15, 0.2) is 36.4 Å². The maximum absolute atomic E-state index is 12.6. The van der Waals surface area contributed by atoms with E-state index in [0.717, 1.165) is 37.1 Å². The molecule has 0 radical (unpaired) electrons. The first-order valence-electron chi connectivity index (χ1n) is 10.5. The van der Waals surface area contributed by atoms with Crippen LogP contribution >= 0.6 is 0 Å². The highest BCUT2D eigenvalue weighted by Crippen LogP contribution is 2.19. The lowest BCUT2D eigenvalue weighted by atomic mass is 9.92. The Bertz CT molecular complexity index is 755. The number of aromatic nitrogens is 1. The van der Waals surface area contributed by atoms with Gasteiger partial charge in [0, 0.05) is 24.7 Å². The standard InChI is InChI=1S/C24H36N2O2/c1-5-24(25,17-27)16-15-21-13-14-22(26(21)4)23(28)8-6-7-19-9-11-20(12-10-19)18(2)3/h9-14,18,27H,5-8,15-17,25H2,1-4H3. The zero-order chi connectivity index (χ0) is 20.7. The van der Waals surface area contributed by atoms with E-state index in [-0.39, 0.29) is 12.4 Å². The van der Waals surface area contributed by atoms with Gasteiger partial charge in [-0.15, -0.1) is 0 Å². The number of Topliss-reactive ketones (excluding diaryl/α,β-unsaturated/α-hetero) is 1. The quantitative estimate of drug-likeness (QED) is 0.565. The van der Waals surface area contributed by atoms with Gasteiger partial charge in [0.25, 0.3) is 0 Å². The average Bonchev–Trinajstić information content (AvgIpc) is 3.07. The number of nitrogens with zero attached hydrogens (tertiary/aromatic N) is 1. The van der Waals surface area contributed by atoms with Crippen molar-refractivity contribution >= 4 is 5.78 Å². The van der Waals surface area contributed by atoms with Crippen molar-refractivity contribution in [2.24, 2.45) is 12.8 Å². The van der Waals surface area contributed by atoms with Gasteiger partial charge in [0.05, 0.1) is 12.3 Å². The third-order valence-electron chi connectivity index (χ3n) is 5.93. The molecule has 0 amide bonds. The summed E-state index contributed by atoms with van der Waals surface area (Å²) in [5.74, 6) is 0.727. The van der Waals surface area contributed by atoms with Crippen LogP contribution in [0.5, 0.6) is 0 Å². The van der Waals surface area contributed by atoms with Crippen LogP contribution < -0.4 is 5.73 Å². The van der Waals surface area contributed by atoms with Crippen LogP contribution in [0.4, 0.5) is 0 Å². The molecular formula is C24H36N2O2. The van der Waals surface area contributed by atoms with Crippen LogP contribution in [0.1, 0.15) is 79.7 Å². The highest BCUT2D eigenvalue weighted by molar-refractivity contribution is 5.94. The number of carbonyl (C=O) groups excluding carboxylic acids is 1. The van der Waals surface area contributed by atoms with Crippen molar-refractivity contribution in [3.8, 4) is 0 Å². The lowest BCUT2D eigenvalue weighted by Gasteiger charge is -2.25. The first-order chi connectivity index (χ1) is 13.3. The Morgan fingerprint density at radius 3 is 2.39 bits per heavy atom. The largest absolute Gasteiger partial charge is 0.394 e. The molecular weight excluding hydrogens is 348 g/mol. The van der Waals surface area contributed by atoms with Crippen LogP contribution in [0.2, 0.25) is 0 Å². The molecule has 4 heteroatoms. The summed E-state index contributed by atoms with van der Waals surface area (Å²) in [6.07, 6.45) is 4.53. The fourth-order valence-corrected chi connectivity index (χ4v) is 3.48. The number of aliphatic hydroxyl groups excluding tert-OH is 1. The van der Waals surface area contributed by atoms with Gasteiger partial charge < -0.3 is 15.4 Å². The molecule has 0 spiro atoms. The van der Waals surface area contributed by atoms with Crippen molar-refractivity contribution in [3.05, 3.63) is 58.9 Å². The van der Waals surface area contributed by atoms with E-state index in [1.807, 2.05) is 30.7 Å². The first-order valence-corrected chi connectivity index (χ1v) is 10.5. The molecule has 0 saturated carbocycles. The number of ketones is 1. The smallest absolute Gasteiger partial charge is 0.179 e. The van der Waals surface area contributed by atoms with Gasteiger partial charge >= 0.3 is 0 Å². The summed E-state index contributed by atoms with van der Waals surface area (Å²) in [6.45, 7) is 6.37. The third kappa shape index (κ3) is 5.79. The van der Waals surface area contributed by atoms with Crippen LogP contribution in [-0.2, 0) is 19.9 Å². The van der Waals surface area contributed by atoms with E-state index in [0.29, 0.717) is 18.8 Å². The van der Waals surface area contributed by atoms with Crippen molar-refractivity contribution in [3.63, 3.8) is 0 Å². The minimum atomic E-state index is -0.542. The fraction of sp³-hybridized carbons (Fsp3) is 0.542. The highest BCUT2D eigenvalue weighted by Gasteiger charge is 2.22. The number of rotatable bonds is 11. The minimum Gasteiger partial charge on any atom is -0.394 e. The maximum atomic E-state index is 12.6. The molecule has 0 aliphatic heterocycles. The number of hydrogen-bond donors (Lipinski definition) is 2. The van der Waals surface area contributed by atoms with E-state index in [2.05, 4.69) is 38.1 Å². The van der Waals surface area contributed by atoms with E-state index in [4.69, 9.17) is 5.73 Å². The first kappa shape index (κ1) is 22.4. The van der Waals surface area contributed by atoms with Crippen LogP contribution in [0, 0.1) is 0 Å². The van der Waals surface area contributed by atoms with E-state index >= 15 is 0 Å². The van der Waals surface area contributed by atoms with Gasteiger partial charge in [0.15, 0.2) is 5.78 Å². The summed E-state index contributed by atoms with van der Waals surface area (Å²) in [5, 5.41) is 9.47. The van der Waals surface area contributed by atoms with E-state index < -0.39 is 5.54 Å². The molecule has 0 aliphatic rings. The summed E-state index contributed by atoms with van der Waals surface area (Å²) in [4.78, 5) is 12.6. The molecule has 2 aromatic rings. The Morgan fingerprint density at radius 1 is 1.14 bits per heavy atom. The molecule has 1 atom stereocenters. The number of carbonyl (C=O) groups is 1. The van der Waals surface area contributed by atoms with Crippen molar-refractivity contribution in [2.45, 2.75) is 70.8 Å². The fourth-order valence-electron chi connectivity index (χ4n) is 3.48. The van der Waals surface area contributed by atoms with Crippen LogP contribution in [0.3, 0.4) is 0 Å². The molecule has 28 heavy (non-hydrogen) atoms. The zero-order valence-electron chi connectivity index (χ0n) is 17.9. The molecule has 0 bridgehead atoms. The molecule has 1 aromatic heterocycles. The number of benzene rings is 1. The van der Waals surface area contributed by atoms with Crippen molar-refractivity contribution in [2.75, 3.05) is 6.61 Å². The van der Waals surface area contributed by atoms with Gasteiger partial charge in [-0.05, 0) is 61.3 Å². The predicted octanol–water partition coefficient (Wildman–Crippen LogP) is 4.39. The topological polar surface area (TPSA) is 68.2 Å². The number of aliphatic hydroxyl groups is 1. The van der Waals surface area contributed by atoms with Gasteiger partial charge in [-0.3, -0.25) is 4.79 Å². The third-order valence-corrected chi connectivity index (χ3v) is 5.93. The van der Waals surface area contributed by atoms with E-state index in [9.17, 15) is 9.90 Å². The summed E-state index contributed by atoms with van der Waals surface area (Å²) < 4.78 is 1.98. The van der Waals surface area contributed by atoms with Gasteiger partial charge in [-0.1, -0.05) is 45.0 Å². The molecule has 1 heterocycles. The van der Waals surface area contributed by atoms with Crippen molar-refractivity contribution < 1.29 is 9.90 Å². The molecule has 2 rings (SSSR count). The maximum Gasteiger partial charge on any atom is 0.179 e. The van der Waals surface area contributed by atoms with Gasteiger partial charge in [-0.25, -0.2) is 0 Å². The lowest BCUT2D eigenvalue weighted by Crippen LogP contribution is -2.43. The number of aryl methyl sites for hydroxylation is 2.